The van der Waals surface area contributed by atoms with Gasteiger partial charge >= 0.3 is 0 Å². The molecule has 2 aromatic rings. The minimum absolute atomic E-state index is 0.307. The third-order valence-corrected chi connectivity index (χ3v) is 7.47. The van der Waals surface area contributed by atoms with Crippen molar-refractivity contribution in [3.05, 3.63) is 24.0 Å². The van der Waals surface area contributed by atoms with Gasteiger partial charge in [0.1, 0.15) is 5.82 Å². The molecular formula is C20H32N4O3S. The lowest BCUT2D eigenvalue weighted by atomic mass is 10.2. The minimum Gasteiger partial charge on any atom is -0.379 e. The van der Waals surface area contributed by atoms with Crippen LogP contribution in [0.15, 0.2) is 23.1 Å². The summed E-state index contributed by atoms with van der Waals surface area (Å²) in [5, 5.41) is 0. The van der Waals surface area contributed by atoms with Crippen LogP contribution in [-0.4, -0.2) is 66.6 Å². The van der Waals surface area contributed by atoms with Gasteiger partial charge in [0.05, 0.1) is 35.7 Å². The van der Waals surface area contributed by atoms with Crippen LogP contribution in [0.5, 0.6) is 0 Å². The van der Waals surface area contributed by atoms with E-state index in [1.807, 2.05) is 6.07 Å². The Bertz CT molecular complexity index is 904. The fourth-order valence-corrected chi connectivity index (χ4v) is 5.18. The average molecular weight is 409 g/mol. The van der Waals surface area contributed by atoms with Gasteiger partial charge in [-0.25, -0.2) is 13.4 Å². The first-order valence-corrected chi connectivity index (χ1v) is 11.6. The van der Waals surface area contributed by atoms with Crippen molar-refractivity contribution in [1.29, 1.82) is 0 Å². The number of rotatable bonds is 8. The van der Waals surface area contributed by atoms with Crippen LogP contribution in [0.25, 0.3) is 11.0 Å². The van der Waals surface area contributed by atoms with Crippen molar-refractivity contribution in [1.82, 2.24) is 18.8 Å². The van der Waals surface area contributed by atoms with Crippen molar-refractivity contribution < 1.29 is 13.2 Å². The largest absolute Gasteiger partial charge is 0.379 e. The molecule has 8 heteroatoms. The number of morpholine rings is 1. The van der Waals surface area contributed by atoms with Crippen molar-refractivity contribution in [3.63, 3.8) is 0 Å². The molecule has 0 amide bonds. The van der Waals surface area contributed by atoms with Crippen LogP contribution >= 0.6 is 0 Å². The molecule has 0 spiro atoms. The lowest BCUT2D eigenvalue weighted by Crippen LogP contribution is -2.40. The topological polar surface area (TPSA) is 67.7 Å². The summed E-state index contributed by atoms with van der Waals surface area (Å²) in [5.41, 5.74) is 1.72. The summed E-state index contributed by atoms with van der Waals surface area (Å²) in [7, 11) is -1.39. The summed E-state index contributed by atoms with van der Waals surface area (Å²) in [5.74, 6) is 0.976. The molecular weight excluding hydrogens is 376 g/mol. The predicted octanol–water partition coefficient (Wildman–Crippen LogP) is 2.70. The lowest BCUT2D eigenvalue weighted by Gasteiger charge is -2.26. The molecule has 0 N–H and O–H groups in total. The van der Waals surface area contributed by atoms with Gasteiger partial charge in [-0.05, 0) is 45.5 Å². The van der Waals surface area contributed by atoms with E-state index in [0.29, 0.717) is 37.2 Å². The molecule has 156 valence electrons. The quantitative estimate of drug-likeness (QED) is 0.672. The molecule has 0 bridgehead atoms. The van der Waals surface area contributed by atoms with Crippen molar-refractivity contribution in [3.8, 4) is 0 Å². The third kappa shape index (κ3) is 4.25. The van der Waals surface area contributed by atoms with E-state index in [1.165, 1.54) is 4.31 Å². The van der Waals surface area contributed by atoms with Gasteiger partial charge in [0.15, 0.2) is 0 Å². The number of fused-ring (bicyclic) bond motifs is 1. The monoisotopic (exact) mass is 408 g/mol. The van der Waals surface area contributed by atoms with E-state index in [9.17, 15) is 8.42 Å². The standard InChI is InChI=1S/C20H32N4O3S/c1-5-7-16(3)22(4)15-20-21-18-14-17(8-9-19(18)24(20)6-2)28(25,26)23-10-12-27-13-11-23/h8-9,14,16H,5-7,10-13,15H2,1-4H3. The maximum Gasteiger partial charge on any atom is 0.243 e. The van der Waals surface area contributed by atoms with Gasteiger partial charge in [-0.1, -0.05) is 13.3 Å². The minimum atomic E-state index is -3.51. The first-order valence-electron chi connectivity index (χ1n) is 10.2. The van der Waals surface area contributed by atoms with E-state index < -0.39 is 10.0 Å². The number of hydrogen-bond donors (Lipinski definition) is 0. The van der Waals surface area contributed by atoms with Crippen LogP contribution < -0.4 is 0 Å². The molecule has 28 heavy (non-hydrogen) atoms. The highest BCUT2D eigenvalue weighted by atomic mass is 32.2. The zero-order valence-corrected chi connectivity index (χ0v) is 18.2. The number of sulfonamides is 1. The molecule has 0 radical (unpaired) electrons. The summed E-state index contributed by atoms with van der Waals surface area (Å²) in [6, 6.07) is 5.78. The van der Waals surface area contributed by atoms with E-state index in [4.69, 9.17) is 9.72 Å². The Balaban J connectivity index is 1.92. The van der Waals surface area contributed by atoms with Crippen LogP contribution in [-0.2, 0) is 27.8 Å². The number of nitrogens with zero attached hydrogens (tertiary/aromatic N) is 4. The van der Waals surface area contributed by atoms with Crippen molar-refractivity contribution in [2.24, 2.45) is 0 Å². The van der Waals surface area contributed by atoms with Gasteiger partial charge in [-0.15, -0.1) is 0 Å². The predicted molar refractivity (Wildman–Crippen MR) is 111 cm³/mol. The van der Waals surface area contributed by atoms with Crippen LogP contribution in [0, 0.1) is 0 Å². The van der Waals surface area contributed by atoms with E-state index in [1.54, 1.807) is 12.1 Å². The zero-order chi connectivity index (χ0) is 20.3. The molecule has 1 aliphatic heterocycles. The van der Waals surface area contributed by atoms with Crippen LogP contribution in [0.1, 0.15) is 39.4 Å². The number of aryl methyl sites for hydroxylation is 1. The summed E-state index contributed by atoms with van der Waals surface area (Å²) >= 11 is 0. The maximum atomic E-state index is 13.0. The van der Waals surface area contributed by atoms with Crippen LogP contribution in [0.4, 0.5) is 0 Å². The molecule has 1 fully saturated rings. The first-order chi connectivity index (χ1) is 13.4. The van der Waals surface area contributed by atoms with Gasteiger partial charge < -0.3 is 9.30 Å². The molecule has 1 aromatic carbocycles. The van der Waals surface area contributed by atoms with Gasteiger partial charge in [0, 0.05) is 25.7 Å². The second-order valence-electron chi connectivity index (χ2n) is 7.49. The average Bonchev–Trinajstić information content (AvgIpc) is 3.04. The Labute approximate surface area is 168 Å². The molecule has 1 aromatic heterocycles. The molecule has 1 aliphatic rings. The Morgan fingerprint density at radius 2 is 1.96 bits per heavy atom. The van der Waals surface area contributed by atoms with E-state index in [2.05, 4.69) is 37.3 Å². The molecule has 1 unspecified atom stereocenters. The molecule has 7 nitrogen and oxygen atoms in total. The summed E-state index contributed by atoms with van der Waals surface area (Å²) in [6.45, 7) is 9.75. The summed E-state index contributed by atoms with van der Waals surface area (Å²) < 4.78 is 34.9. The number of hydrogen-bond acceptors (Lipinski definition) is 5. The molecule has 0 aliphatic carbocycles. The van der Waals surface area contributed by atoms with Crippen LogP contribution in [0.2, 0.25) is 0 Å². The maximum absolute atomic E-state index is 13.0. The summed E-state index contributed by atoms with van der Waals surface area (Å²) in [4.78, 5) is 7.41. The van der Waals surface area contributed by atoms with Gasteiger partial charge in [-0.3, -0.25) is 4.90 Å². The summed E-state index contributed by atoms with van der Waals surface area (Å²) in [6.07, 6.45) is 2.29. The Morgan fingerprint density at radius 1 is 1.25 bits per heavy atom. The van der Waals surface area contributed by atoms with E-state index in [-0.39, 0.29) is 0 Å². The smallest absolute Gasteiger partial charge is 0.243 e. The second kappa shape index (κ2) is 8.90. The highest BCUT2D eigenvalue weighted by Crippen LogP contribution is 2.24. The Hall–Kier alpha value is -1.48. The van der Waals surface area contributed by atoms with Gasteiger partial charge in [-0.2, -0.15) is 4.31 Å². The van der Waals surface area contributed by atoms with Gasteiger partial charge in [0.25, 0.3) is 0 Å². The Kier molecular flexibility index (Phi) is 6.75. The van der Waals surface area contributed by atoms with Crippen molar-refractivity contribution >= 4 is 21.1 Å². The molecule has 1 atom stereocenters. The normalized spacial score (nSPS) is 17.5. The molecule has 2 heterocycles. The number of ether oxygens (including phenoxy) is 1. The molecule has 1 saturated heterocycles. The zero-order valence-electron chi connectivity index (χ0n) is 17.4. The number of benzene rings is 1. The molecule has 0 saturated carbocycles. The van der Waals surface area contributed by atoms with Crippen molar-refractivity contribution in [2.75, 3.05) is 33.4 Å². The third-order valence-electron chi connectivity index (χ3n) is 5.57. The van der Waals surface area contributed by atoms with Crippen LogP contribution in [0.3, 0.4) is 0 Å². The van der Waals surface area contributed by atoms with E-state index >= 15 is 0 Å². The Morgan fingerprint density at radius 3 is 2.61 bits per heavy atom. The highest BCUT2D eigenvalue weighted by molar-refractivity contribution is 7.89. The lowest BCUT2D eigenvalue weighted by molar-refractivity contribution is 0.0730. The number of aromatic nitrogens is 2. The second-order valence-corrected chi connectivity index (χ2v) is 9.43. The van der Waals surface area contributed by atoms with Crippen molar-refractivity contribution in [2.45, 2.75) is 57.6 Å². The van der Waals surface area contributed by atoms with E-state index in [0.717, 1.165) is 42.8 Å². The molecule has 3 rings (SSSR count). The van der Waals surface area contributed by atoms with Gasteiger partial charge in [0.2, 0.25) is 10.0 Å². The number of imidazole rings is 1. The SMILES string of the molecule is CCCC(C)N(C)Cc1nc2cc(S(=O)(=O)N3CCOCC3)ccc2n1CC. The fraction of sp³-hybridized carbons (Fsp3) is 0.650. The highest BCUT2D eigenvalue weighted by Gasteiger charge is 2.27. The fourth-order valence-electron chi connectivity index (χ4n) is 3.75. The first kappa shape index (κ1) is 21.2.